The highest BCUT2D eigenvalue weighted by atomic mass is 32.2. The van der Waals surface area contributed by atoms with Crippen molar-refractivity contribution < 1.29 is 27.4 Å². The van der Waals surface area contributed by atoms with E-state index in [9.17, 15) is 13.2 Å². The number of ether oxygens (including phenoxy) is 3. The fraction of sp³-hybridized carbons (Fsp3) is 0.435. The van der Waals surface area contributed by atoms with Crippen molar-refractivity contribution in [3.05, 3.63) is 54.1 Å². The first-order valence-electron chi connectivity index (χ1n) is 10.4. The third-order valence-corrected chi connectivity index (χ3v) is 6.42. The first kappa shape index (κ1) is 25.6. The van der Waals surface area contributed by atoms with Gasteiger partial charge in [-0.1, -0.05) is 30.3 Å². The van der Waals surface area contributed by atoms with Gasteiger partial charge in [-0.15, -0.1) is 0 Å². The molecular formula is C23H32N2O6S. The van der Waals surface area contributed by atoms with Gasteiger partial charge in [0.25, 0.3) is 0 Å². The summed E-state index contributed by atoms with van der Waals surface area (Å²) in [5, 5.41) is 2.77. The van der Waals surface area contributed by atoms with Gasteiger partial charge in [-0.05, 0) is 38.0 Å². The molecule has 0 fully saturated rings. The molecule has 0 bridgehead atoms. The number of hydrogen-bond donors (Lipinski definition) is 1. The predicted molar refractivity (Wildman–Crippen MR) is 122 cm³/mol. The lowest BCUT2D eigenvalue weighted by Crippen LogP contribution is -2.40. The van der Waals surface area contributed by atoms with E-state index in [0.29, 0.717) is 25.3 Å². The minimum Gasteiger partial charge on any atom is -0.497 e. The summed E-state index contributed by atoms with van der Waals surface area (Å²) >= 11 is 0. The molecule has 9 heteroatoms. The zero-order valence-corrected chi connectivity index (χ0v) is 19.9. The molecule has 2 rings (SSSR count). The topological polar surface area (TPSA) is 94.2 Å². The normalized spacial score (nSPS) is 11.6. The van der Waals surface area contributed by atoms with E-state index >= 15 is 0 Å². The van der Waals surface area contributed by atoms with Crippen LogP contribution in [0.1, 0.15) is 25.8 Å². The van der Waals surface area contributed by atoms with Crippen LogP contribution in [0.2, 0.25) is 0 Å². The Morgan fingerprint density at radius 2 is 1.78 bits per heavy atom. The first-order valence-corrected chi connectivity index (χ1v) is 11.9. The molecule has 176 valence electrons. The Morgan fingerprint density at radius 3 is 2.41 bits per heavy atom. The summed E-state index contributed by atoms with van der Waals surface area (Å²) < 4.78 is 44.2. The van der Waals surface area contributed by atoms with Crippen molar-refractivity contribution >= 4 is 15.9 Å². The molecule has 0 radical (unpaired) electrons. The number of nitrogens with one attached hydrogen (secondary N) is 1. The largest absolute Gasteiger partial charge is 0.497 e. The summed E-state index contributed by atoms with van der Waals surface area (Å²) in [6.45, 7) is 4.50. The Morgan fingerprint density at radius 1 is 1.06 bits per heavy atom. The molecule has 0 aliphatic heterocycles. The van der Waals surface area contributed by atoms with Crippen LogP contribution in [-0.2, 0) is 26.1 Å². The smallest absolute Gasteiger partial charge is 0.247 e. The molecule has 2 aromatic carbocycles. The Hall–Kier alpha value is -2.62. The summed E-state index contributed by atoms with van der Waals surface area (Å²) in [5.74, 6) is 0.157. The average molecular weight is 465 g/mol. The highest BCUT2D eigenvalue weighted by Crippen LogP contribution is 2.31. The Bertz CT molecular complexity index is 964. The Balaban J connectivity index is 2.24. The van der Waals surface area contributed by atoms with Crippen molar-refractivity contribution in [3.63, 3.8) is 0 Å². The maximum absolute atomic E-state index is 13.6. The van der Waals surface area contributed by atoms with Crippen molar-refractivity contribution in [2.45, 2.75) is 37.8 Å². The molecule has 2 aromatic rings. The molecule has 32 heavy (non-hydrogen) atoms. The molecule has 0 heterocycles. The second kappa shape index (κ2) is 12.4. The number of nitrogens with zero attached hydrogens (tertiary/aromatic N) is 1. The number of carbonyl (C=O) groups is 1. The summed E-state index contributed by atoms with van der Waals surface area (Å²) in [6.07, 6.45) is 0.758. The fourth-order valence-electron chi connectivity index (χ4n) is 2.97. The van der Waals surface area contributed by atoms with E-state index in [1.54, 1.807) is 6.07 Å². The number of sulfonamides is 1. The van der Waals surface area contributed by atoms with E-state index in [1.807, 2.05) is 44.2 Å². The van der Waals surface area contributed by atoms with Gasteiger partial charge in [-0.2, -0.15) is 4.31 Å². The van der Waals surface area contributed by atoms with Crippen molar-refractivity contribution in [1.29, 1.82) is 0 Å². The van der Waals surface area contributed by atoms with Crippen LogP contribution >= 0.6 is 0 Å². The van der Waals surface area contributed by atoms with Crippen molar-refractivity contribution in [2.24, 2.45) is 0 Å². The zero-order valence-electron chi connectivity index (χ0n) is 19.0. The zero-order chi connectivity index (χ0) is 23.6. The average Bonchev–Trinajstić information content (AvgIpc) is 2.78. The summed E-state index contributed by atoms with van der Waals surface area (Å²) in [4.78, 5) is 12.5. The van der Waals surface area contributed by atoms with Gasteiger partial charge in [0, 0.05) is 25.8 Å². The number of benzene rings is 2. The molecule has 0 spiro atoms. The van der Waals surface area contributed by atoms with Gasteiger partial charge in [-0.3, -0.25) is 4.79 Å². The van der Waals surface area contributed by atoms with Gasteiger partial charge in [-0.25, -0.2) is 8.42 Å². The second-order valence-corrected chi connectivity index (χ2v) is 9.30. The lowest BCUT2D eigenvalue weighted by molar-refractivity contribution is -0.121. The quantitative estimate of drug-likeness (QED) is 0.458. The summed E-state index contributed by atoms with van der Waals surface area (Å²) in [5.41, 5.74) is 0.760. The monoisotopic (exact) mass is 464 g/mol. The summed E-state index contributed by atoms with van der Waals surface area (Å²) in [6, 6.07) is 13.7. The molecular weight excluding hydrogens is 432 g/mol. The van der Waals surface area contributed by atoms with E-state index in [-0.39, 0.29) is 29.8 Å². The molecule has 0 aromatic heterocycles. The second-order valence-electron chi connectivity index (χ2n) is 7.40. The Kier molecular flexibility index (Phi) is 9.96. The van der Waals surface area contributed by atoms with Gasteiger partial charge in [0.05, 0.1) is 26.9 Å². The molecule has 0 aliphatic carbocycles. The molecule has 1 amide bonds. The van der Waals surface area contributed by atoms with Crippen LogP contribution in [0.4, 0.5) is 0 Å². The third-order valence-electron chi connectivity index (χ3n) is 4.60. The third kappa shape index (κ3) is 7.51. The number of rotatable bonds is 13. The predicted octanol–water partition coefficient (Wildman–Crippen LogP) is 2.83. The number of methoxy groups -OCH3 is 2. The highest BCUT2D eigenvalue weighted by molar-refractivity contribution is 7.89. The fourth-order valence-corrected chi connectivity index (χ4v) is 4.53. The van der Waals surface area contributed by atoms with Crippen molar-refractivity contribution in [1.82, 2.24) is 9.62 Å². The van der Waals surface area contributed by atoms with E-state index in [4.69, 9.17) is 14.2 Å². The van der Waals surface area contributed by atoms with E-state index in [2.05, 4.69) is 5.32 Å². The van der Waals surface area contributed by atoms with Crippen LogP contribution < -0.4 is 14.8 Å². The van der Waals surface area contributed by atoms with Crippen molar-refractivity contribution in [2.75, 3.05) is 33.9 Å². The number of carbonyl (C=O) groups excluding carboxylic acids is 1. The van der Waals surface area contributed by atoms with E-state index < -0.39 is 15.9 Å². The minimum absolute atomic E-state index is 0.0351. The molecule has 0 unspecified atom stereocenters. The summed E-state index contributed by atoms with van der Waals surface area (Å²) in [7, 11) is -1.22. The molecule has 1 N–H and O–H groups in total. The van der Waals surface area contributed by atoms with Crippen LogP contribution in [0.25, 0.3) is 0 Å². The standard InChI is InChI=1S/C23H32N2O6S/c1-18(2)31-14-8-13-24-23(26)17-25(16-19-9-6-5-7-10-19)32(27,28)22-15-20(29-3)11-12-21(22)30-4/h5-7,9-12,15,18H,8,13-14,16-17H2,1-4H3,(H,24,26). The van der Waals surface area contributed by atoms with Gasteiger partial charge in [0.15, 0.2) is 0 Å². The number of amides is 1. The van der Waals surface area contributed by atoms with Crippen LogP contribution in [0, 0.1) is 0 Å². The lowest BCUT2D eigenvalue weighted by Gasteiger charge is -2.23. The van der Waals surface area contributed by atoms with Crippen LogP contribution in [0.3, 0.4) is 0 Å². The van der Waals surface area contributed by atoms with Gasteiger partial charge in [0.2, 0.25) is 15.9 Å². The molecule has 8 nitrogen and oxygen atoms in total. The molecule has 0 saturated heterocycles. The minimum atomic E-state index is -4.07. The molecule has 0 saturated carbocycles. The molecule has 0 aliphatic rings. The van der Waals surface area contributed by atoms with Gasteiger partial charge in [0.1, 0.15) is 16.4 Å². The van der Waals surface area contributed by atoms with Crippen LogP contribution in [0.15, 0.2) is 53.4 Å². The van der Waals surface area contributed by atoms with Gasteiger partial charge < -0.3 is 19.5 Å². The SMILES string of the molecule is COc1ccc(OC)c(S(=O)(=O)N(CC(=O)NCCCOC(C)C)Cc2ccccc2)c1. The van der Waals surface area contributed by atoms with Crippen LogP contribution in [0.5, 0.6) is 11.5 Å². The Labute approximate surface area is 190 Å². The lowest BCUT2D eigenvalue weighted by atomic mass is 10.2. The maximum atomic E-state index is 13.6. The van der Waals surface area contributed by atoms with E-state index in [0.717, 1.165) is 9.87 Å². The number of hydrogen-bond acceptors (Lipinski definition) is 6. The first-order chi connectivity index (χ1) is 15.3. The van der Waals surface area contributed by atoms with Gasteiger partial charge >= 0.3 is 0 Å². The molecule has 0 atom stereocenters. The van der Waals surface area contributed by atoms with Crippen LogP contribution in [-0.4, -0.2) is 58.7 Å². The van der Waals surface area contributed by atoms with Crippen molar-refractivity contribution in [3.8, 4) is 11.5 Å². The highest BCUT2D eigenvalue weighted by Gasteiger charge is 2.30. The maximum Gasteiger partial charge on any atom is 0.247 e. The van der Waals surface area contributed by atoms with E-state index in [1.165, 1.54) is 26.4 Å².